The van der Waals surface area contributed by atoms with Gasteiger partial charge in [-0.05, 0) is 18.2 Å². The Morgan fingerprint density at radius 1 is 1.62 bits per heavy atom. The molecule has 0 aliphatic heterocycles. The van der Waals surface area contributed by atoms with Gasteiger partial charge in [-0.3, -0.25) is 0 Å². The topological polar surface area (TPSA) is 35.2 Å². The molecule has 0 bridgehead atoms. The third-order valence-corrected chi connectivity index (χ3v) is 2.04. The molecule has 0 fully saturated rings. The minimum atomic E-state index is -0.242. The molecule has 1 rings (SSSR count). The molecule has 70 valence electrons. The summed E-state index contributed by atoms with van der Waals surface area (Å²) >= 11 is 5.83. The first kappa shape index (κ1) is 10.1. The summed E-state index contributed by atoms with van der Waals surface area (Å²) in [6, 6.07) is 5.10. The van der Waals surface area contributed by atoms with Crippen molar-refractivity contribution in [2.45, 2.75) is 6.04 Å². The van der Waals surface area contributed by atoms with Gasteiger partial charge in [-0.1, -0.05) is 17.7 Å². The highest BCUT2D eigenvalue weighted by atomic mass is 35.5. The van der Waals surface area contributed by atoms with Crippen LogP contribution < -0.4 is 10.5 Å². The summed E-state index contributed by atoms with van der Waals surface area (Å²) in [6.07, 6.45) is 1.65. The maximum Gasteiger partial charge on any atom is 0.124 e. The molecular formula is C10H12ClNO. The van der Waals surface area contributed by atoms with E-state index in [1.807, 2.05) is 0 Å². The molecule has 0 spiro atoms. The molecule has 0 heterocycles. The standard InChI is InChI=1S/C10H12ClNO/c1-3-9(12)8-6-7(11)4-5-10(8)13-2/h3-6,9H,1,12H2,2H3/t9-/m0/s1. The molecule has 0 radical (unpaired) electrons. The van der Waals surface area contributed by atoms with E-state index >= 15 is 0 Å². The number of nitrogens with two attached hydrogens (primary N) is 1. The molecule has 0 saturated carbocycles. The van der Waals surface area contributed by atoms with Crippen molar-refractivity contribution in [1.29, 1.82) is 0 Å². The van der Waals surface area contributed by atoms with E-state index in [4.69, 9.17) is 22.1 Å². The van der Waals surface area contributed by atoms with Crippen molar-refractivity contribution in [3.63, 3.8) is 0 Å². The minimum Gasteiger partial charge on any atom is -0.496 e. The van der Waals surface area contributed by atoms with E-state index in [1.54, 1.807) is 31.4 Å². The molecule has 2 N–H and O–H groups in total. The third kappa shape index (κ3) is 2.23. The first-order chi connectivity index (χ1) is 6.19. The summed E-state index contributed by atoms with van der Waals surface area (Å²) in [5, 5.41) is 0.646. The lowest BCUT2D eigenvalue weighted by Gasteiger charge is -2.12. The monoisotopic (exact) mass is 197 g/mol. The molecule has 0 saturated heterocycles. The number of rotatable bonds is 3. The first-order valence-electron chi connectivity index (χ1n) is 3.90. The van der Waals surface area contributed by atoms with Gasteiger partial charge in [0.05, 0.1) is 13.2 Å². The highest BCUT2D eigenvalue weighted by Crippen LogP contribution is 2.27. The van der Waals surface area contributed by atoms with E-state index < -0.39 is 0 Å². The molecule has 3 heteroatoms. The van der Waals surface area contributed by atoms with E-state index in [2.05, 4.69) is 6.58 Å². The highest BCUT2D eigenvalue weighted by molar-refractivity contribution is 6.30. The Morgan fingerprint density at radius 2 is 2.31 bits per heavy atom. The largest absolute Gasteiger partial charge is 0.496 e. The van der Waals surface area contributed by atoms with Gasteiger partial charge < -0.3 is 10.5 Å². The number of hydrogen-bond acceptors (Lipinski definition) is 2. The predicted molar refractivity (Wildman–Crippen MR) is 55.1 cm³/mol. The zero-order chi connectivity index (χ0) is 9.84. The van der Waals surface area contributed by atoms with Crippen LogP contribution in [0.5, 0.6) is 5.75 Å². The zero-order valence-electron chi connectivity index (χ0n) is 7.46. The van der Waals surface area contributed by atoms with Gasteiger partial charge in [0.15, 0.2) is 0 Å². The van der Waals surface area contributed by atoms with E-state index in [1.165, 1.54) is 0 Å². The lowest BCUT2D eigenvalue weighted by Crippen LogP contribution is -2.08. The van der Waals surface area contributed by atoms with Crippen molar-refractivity contribution in [3.8, 4) is 5.75 Å². The molecule has 1 aromatic rings. The van der Waals surface area contributed by atoms with E-state index in [0.717, 1.165) is 11.3 Å². The van der Waals surface area contributed by atoms with Gasteiger partial charge in [-0.25, -0.2) is 0 Å². The van der Waals surface area contributed by atoms with Gasteiger partial charge in [0.25, 0.3) is 0 Å². The van der Waals surface area contributed by atoms with Crippen molar-refractivity contribution in [1.82, 2.24) is 0 Å². The summed E-state index contributed by atoms with van der Waals surface area (Å²) in [7, 11) is 1.60. The quantitative estimate of drug-likeness (QED) is 0.756. The van der Waals surface area contributed by atoms with Gasteiger partial charge in [0, 0.05) is 10.6 Å². The fraction of sp³-hybridized carbons (Fsp3) is 0.200. The van der Waals surface area contributed by atoms with Crippen molar-refractivity contribution < 1.29 is 4.74 Å². The Hall–Kier alpha value is -0.990. The van der Waals surface area contributed by atoms with Crippen molar-refractivity contribution in [2.75, 3.05) is 7.11 Å². The predicted octanol–water partition coefficient (Wildman–Crippen LogP) is 2.53. The second-order valence-electron chi connectivity index (χ2n) is 2.65. The Morgan fingerprint density at radius 3 is 2.85 bits per heavy atom. The fourth-order valence-electron chi connectivity index (χ4n) is 1.09. The van der Waals surface area contributed by atoms with Gasteiger partial charge in [-0.15, -0.1) is 6.58 Å². The molecular weight excluding hydrogens is 186 g/mol. The van der Waals surface area contributed by atoms with Crippen LogP contribution in [0.2, 0.25) is 5.02 Å². The van der Waals surface area contributed by atoms with Gasteiger partial charge in [0.2, 0.25) is 0 Å². The summed E-state index contributed by atoms with van der Waals surface area (Å²) in [5.74, 6) is 0.733. The molecule has 1 aromatic carbocycles. The summed E-state index contributed by atoms with van der Waals surface area (Å²) in [4.78, 5) is 0. The van der Waals surface area contributed by atoms with Crippen LogP contribution in [0.4, 0.5) is 0 Å². The van der Waals surface area contributed by atoms with Crippen molar-refractivity contribution in [2.24, 2.45) is 5.73 Å². The highest BCUT2D eigenvalue weighted by Gasteiger charge is 2.08. The average molecular weight is 198 g/mol. The zero-order valence-corrected chi connectivity index (χ0v) is 8.21. The van der Waals surface area contributed by atoms with Crippen LogP contribution in [0.3, 0.4) is 0 Å². The van der Waals surface area contributed by atoms with E-state index in [-0.39, 0.29) is 6.04 Å². The van der Waals surface area contributed by atoms with Crippen molar-refractivity contribution in [3.05, 3.63) is 41.4 Å². The normalized spacial score (nSPS) is 12.2. The smallest absolute Gasteiger partial charge is 0.124 e. The van der Waals surface area contributed by atoms with Crippen LogP contribution in [-0.2, 0) is 0 Å². The molecule has 1 atom stereocenters. The van der Waals surface area contributed by atoms with E-state index in [9.17, 15) is 0 Å². The molecule has 0 amide bonds. The first-order valence-corrected chi connectivity index (χ1v) is 4.28. The molecule has 0 aliphatic rings. The van der Waals surface area contributed by atoms with Crippen LogP contribution in [0.15, 0.2) is 30.9 Å². The molecule has 0 aliphatic carbocycles. The van der Waals surface area contributed by atoms with Crippen LogP contribution in [0.25, 0.3) is 0 Å². The summed E-state index contributed by atoms with van der Waals surface area (Å²) in [5.41, 5.74) is 6.63. The maximum atomic E-state index is 5.83. The number of hydrogen-bond donors (Lipinski definition) is 1. The van der Waals surface area contributed by atoms with Crippen molar-refractivity contribution >= 4 is 11.6 Å². The van der Waals surface area contributed by atoms with Crippen LogP contribution in [0.1, 0.15) is 11.6 Å². The summed E-state index contributed by atoms with van der Waals surface area (Å²) in [6.45, 7) is 3.62. The lowest BCUT2D eigenvalue weighted by atomic mass is 10.1. The minimum absolute atomic E-state index is 0.242. The SMILES string of the molecule is C=C[C@H](N)c1cc(Cl)ccc1OC. The number of ether oxygens (including phenoxy) is 1. The van der Waals surface area contributed by atoms with Crippen LogP contribution in [-0.4, -0.2) is 7.11 Å². The maximum absolute atomic E-state index is 5.83. The van der Waals surface area contributed by atoms with Crippen LogP contribution >= 0.6 is 11.6 Å². The van der Waals surface area contributed by atoms with Gasteiger partial charge >= 0.3 is 0 Å². The Bertz CT molecular complexity index is 312. The average Bonchev–Trinajstić information content (AvgIpc) is 2.16. The van der Waals surface area contributed by atoms with Gasteiger partial charge in [-0.2, -0.15) is 0 Å². The Labute approximate surface area is 83.0 Å². The lowest BCUT2D eigenvalue weighted by molar-refractivity contribution is 0.408. The Balaban J connectivity index is 3.14. The van der Waals surface area contributed by atoms with E-state index in [0.29, 0.717) is 5.02 Å². The Kier molecular flexibility index (Phi) is 3.34. The fourth-order valence-corrected chi connectivity index (χ4v) is 1.27. The third-order valence-electron chi connectivity index (χ3n) is 1.80. The number of benzene rings is 1. The number of methoxy groups -OCH3 is 1. The van der Waals surface area contributed by atoms with Crippen LogP contribution in [0, 0.1) is 0 Å². The molecule has 0 aromatic heterocycles. The van der Waals surface area contributed by atoms with Gasteiger partial charge in [0.1, 0.15) is 5.75 Å². The number of halogens is 1. The molecule has 2 nitrogen and oxygen atoms in total. The summed E-state index contributed by atoms with van der Waals surface area (Å²) < 4.78 is 5.14. The molecule has 13 heavy (non-hydrogen) atoms. The molecule has 0 unspecified atom stereocenters. The second kappa shape index (κ2) is 4.30. The second-order valence-corrected chi connectivity index (χ2v) is 3.08.